The smallest absolute Gasteiger partial charge is 0.119 e. The number of likely N-dealkylation sites (tertiary alicyclic amines) is 1. The second kappa shape index (κ2) is 7.81. The molecular weight excluding hydrogens is 378 g/mol. The number of aromatic nitrogens is 2. The van der Waals surface area contributed by atoms with Gasteiger partial charge in [0.2, 0.25) is 0 Å². The predicted octanol–water partition coefficient (Wildman–Crippen LogP) is 5.80. The highest BCUT2D eigenvalue weighted by atomic mass is 32.1. The van der Waals surface area contributed by atoms with Crippen molar-refractivity contribution in [2.45, 2.75) is 39.2 Å². The van der Waals surface area contributed by atoms with E-state index in [0.717, 1.165) is 42.7 Å². The molecule has 29 heavy (non-hydrogen) atoms. The molecule has 2 aromatic carbocycles. The summed E-state index contributed by atoms with van der Waals surface area (Å²) in [7, 11) is 0. The van der Waals surface area contributed by atoms with Crippen LogP contribution in [0.5, 0.6) is 5.75 Å². The molecule has 5 rings (SSSR count). The first kappa shape index (κ1) is 18.6. The zero-order chi connectivity index (χ0) is 19.8. The molecule has 1 aliphatic rings. The Hall–Kier alpha value is -2.37. The summed E-state index contributed by atoms with van der Waals surface area (Å²) < 4.78 is 10.6. The molecule has 150 valence electrons. The van der Waals surface area contributed by atoms with Gasteiger partial charge in [-0.3, -0.25) is 0 Å². The highest BCUT2D eigenvalue weighted by Crippen LogP contribution is 2.37. The van der Waals surface area contributed by atoms with Gasteiger partial charge in [-0.05, 0) is 70.0 Å². The van der Waals surface area contributed by atoms with E-state index in [2.05, 4.69) is 72.0 Å². The second-order valence-corrected chi connectivity index (χ2v) is 9.05. The van der Waals surface area contributed by atoms with Gasteiger partial charge in [0.25, 0.3) is 0 Å². The van der Waals surface area contributed by atoms with Gasteiger partial charge in [-0.25, -0.2) is 4.68 Å². The van der Waals surface area contributed by atoms with Gasteiger partial charge in [-0.2, -0.15) is 5.10 Å². The SMILES string of the molecule is Cc1nn(-c2ccc(OCCCN3CCCC3C)cc2)c2c1sc1ccccc12. The normalized spacial score (nSPS) is 17.5. The Morgan fingerprint density at radius 1 is 1.14 bits per heavy atom. The molecule has 1 fully saturated rings. The quantitative estimate of drug-likeness (QED) is 0.380. The number of fused-ring (bicyclic) bond motifs is 3. The summed E-state index contributed by atoms with van der Waals surface area (Å²) in [6.45, 7) is 7.56. The fourth-order valence-corrected chi connectivity index (χ4v) is 5.51. The number of ether oxygens (including phenoxy) is 1. The van der Waals surface area contributed by atoms with Crippen molar-refractivity contribution in [2.75, 3.05) is 19.7 Å². The number of rotatable bonds is 6. The van der Waals surface area contributed by atoms with Gasteiger partial charge in [0.05, 0.1) is 28.2 Å². The second-order valence-electron chi connectivity index (χ2n) is 8.00. The molecule has 1 saturated heterocycles. The minimum atomic E-state index is 0.733. The van der Waals surface area contributed by atoms with E-state index in [4.69, 9.17) is 9.84 Å². The van der Waals surface area contributed by atoms with Crippen molar-refractivity contribution >= 4 is 31.6 Å². The summed E-state index contributed by atoms with van der Waals surface area (Å²) in [5.74, 6) is 0.929. The van der Waals surface area contributed by atoms with Gasteiger partial charge in [0.15, 0.2) is 0 Å². The van der Waals surface area contributed by atoms with Crippen LogP contribution in [0, 0.1) is 6.92 Å². The minimum Gasteiger partial charge on any atom is -0.494 e. The molecule has 1 atom stereocenters. The van der Waals surface area contributed by atoms with E-state index in [1.165, 1.54) is 39.7 Å². The summed E-state index contributed by atoms with van der Waals surface area (Å²) in [5.41, 5.74) is 3.36. The average molecular weight is 406 g/mol. The Balaban J connectivity index is 1.30. The maximum absolute atomic E-state index is 5.99. The van der Waals surface area contributed by atoms with Crippen LogP contribution in [0.1, 0.15) is 31.9 Å². The van der Waals surface area contributed by atoms with E-state index in [9.17, 15) is 0 Å². The van der Waals surface area contributed by atoms with E-state index < -0.39 is 0 Å². The molecule has 3 heterocycles. The number of thiophene rings is 1. The van der Waals surface area contributed by atoms with Crippen LogP contribution in [0.3, 0.4) is 0 Å². The van der Waals surface area contributed by atoms with E-state index >= 15 is 0 Å². The van der Waals surface area contributed by atoms with Gasteiger partial charge < -0.3 is 9.64 Å². The van der Waals surface area contributed by atoms with Crippen LogP contribution in [-0.4, -0.2) is 40.4 Å². The summed E-state index contributed by atoms with van der Waals surface area (Å²) in [5, 5.41) is 6.08. The molecule has 0 N–H and O–H groups in total. The van der Waals surface area contributed by atoms with Crippen molar-refractivity contribution in [1.29, 1.82) is 0 Å². The first-order valence-corrected chi connectivity index (χ1v) is 11.4. The van der Waals surface area contributed by atoms with Crippen molar-refractivity contribution in [3.8, 4) is 11.4 Å². The number of benzene rings is 2. The van der Waals surface area contributed by atoms with Crippen LogP contribution in [0.15, 0.2) is 48.5 Å². The Morgan fingerprint density at radius 2 is 1.97 bits per heavy atom. The number of hydrogen-bond acceptors (Lipinski definition) is 4. The Bertz CT molecular complexity index is 1130. The third kappa shape index (κ3) is 3.53. The average Bonchev–Trinajstić information content (AvgIpc) is 3.41. The zero-order valence-electron chi connectivity index (χ0n) is 17.1. The van der Waals surface area contributed by atoms with Crippen LogP contribution >= 0.6 is 11.3 Å². The molecule has 0 bridgehead atoms. The molecular formula is C24H27N3OS. The summed E-state index contributed by atoms with van der Waals surface area (Å²) in [4.78, 5) is 2.57. The molecule has 0 radical (unpaired) electrons. The predicted molar refractivity (Wildman–Crippen MR) is 122 cm³/mol. The lowest BCUT2D eigenvalue weighted by molar-refractivity contribution is 0.230. The zero-order valence-corrected chi connectivity index (χ0v) is 17.9. The Kier molecular flexibility index (Phi) is 5.02. The highest BCUT2D eigenvalue weighted by molar-refractivity contribution is 7.26. The Morgan fingerprint density at radius 3 is 2.76 bits per heavy atom. The lowest BCUT2D eigenvalue weighted by atomic mass is 10.2. The maximum atomic E-state index is 5.99. The number of aryl methyl sites for hydroxylation is 1. The van der Waals surface area contributed by atoms with Crippen molar-refractivity contribution in [3.63, 3.8) is 0 Å². The number of nitrogens with zero attached hydrogens (tertiary/aromatic N) is 3. The fraction of sp³-hybridized carbons (Fsp3) is 0.375. The van der Waals surface area contributed by atoms with Crippen molar-refractivity contribution in [2.24, 2.45) is 0 Å². The molecule has 0 spiro atoms. The van der Waals surface area contributed by atoms with Crippen molar-refractivity contribution in [1.82, 2.24) is 14.7 Å². The summed E-state index contributed by atoms with van der Waals surface area (Å²) in [6.07, 6.45) is 3.75. The van der Waals surface area contributed by atoms with Gasteiger partial charge in [-0.15, -0.1) is 11.3 Å². The Labute approximate surface area is 175 Å². The third-order valence-electron chi connectivity index (χ3n) is 5.99. The molecule has 1 aliphatic heterocycles. The molecule has 5 heteroatoms. The van der Waals surface area contributed by atoms with Gasteiger partial charge in [0.1, 0.15) is 5.75 Å². The molecule has 0 saturated carbocycles. The largest absolute Gasteiger partial charge is 0.494 e. The number of hydrogen-bond donors (Lipinski definition) is 0. The third-order valence-corrected chi connectivity index (χ3v) is 7.26. The van der Waals surface area contributed by atoms with Crippen LogP contribution in [0.25, 0.3) is 26.0 Å². The monoisotopic (exact) mass is 405 g/mol. The standard InChI is InChI=1S/C24H27N3OS/c1-17-7-5-14-26(17)15-6-16-28-20-12-10-19(11-13-20)27-23-21-8-3-4-9-22(21)29-24(23)18(2)25-27/h3-4,8-13,17H,5-7,14-16H2,1-2H3. The lowest BCUT2D eigenvalue weighted by Gasteiger charge is -2.20. The molecule has 4 nitrogen and oxygen atoms in total. The van der Waals surface area contributed by atoms with E-state index in [1.54, 1.807) is 0 Å². The van der Waals surface area contributed by atoms with E-state index in [1.807, 2.05) is 11.3 Å². The van der Waals surface area contributed by atoms with Crippen LogP contribution in [0.2, 0.25) is 0 Å². The van der Waals surface area contributed by atoms with Crippen LogP contribution < -0.4 is 4.74 Å². The highest BCUT2D eigenvalue weighted by Gasteiger charge is 2.19. The van der Waals surface area contributed by atoms with Gasteiger partial charge in [0, 0.05) is 22.7 Å². The first-order chi connectivity index (χ1) is 14.2. The summed E-state index contributed by atoms with van der Waals surface area (Å²) in [6, 6.07) is 17.6. The lowest BCUT2D eigenvalue weighted by Crippen LogP contribution is -2.28. The summed E-state index contributed by atoms with van der Waals surface area (Å²) >= 11 is 1.82. The van der Waals surface area contributed by atoms with Crippen LogP contribution in [0.4, 0.5) is 0 Å². The molecule has 0 aliphatic carbocycles. The minimum absolute atomic E-state index is 0.733. The molecule has 4 aromatic rings. The van der Waals surface area contributed by atoms with Crippen LogP contribution in [-0.2, 0) is 0 Å². The van der Waals surface area contributed by atoms with Crippen molar-refractivity contribution < 1.29 is 4.74 Å². The van der Waals surface area contributed by atoms with E-state index in [-0.39, 0.29) is 0 Å². The van der Waals surface area contributed by atoms with Gasteiger partial charge >= 0.3 is 0 Å². The molecule has 0 amide bonds. The maximum Gasteiger partial charge on any atom is 0.119 e. The molecule has 2 aromatic heterocycles. The first-order valence-electron chi connectivity index (χ1n) is 10.5. The topological polar surface area (TPSA) is 30.3 Å². The molecule has 1 unspecified atom stereocenters. The van der Waals surface area contributed by atoms with Crippen molar-refractivity contribution in [3.05, 3.63) is 54.2 Å². The fourth-order valence-electron chi connectivity index (χ4n) is 4.39. The van der Waals surface area contributed by atoms with E-state index in [0.29, 0.717) is 0 Å². The van der Waals surface area contributed by atoms with Gasteiger partial charge in [-0.1, -0.05) is 18.2 Å².